The predicted molar refractivity (Wildman–Crippen MR) is 149 cm³/mol. The Bertz CT molecular complexity index is 1280. The highest BCUT2D eigenvalue weighted by Gasteiger charge is 2.35. The summed E-state index contributed by atoms with van der Waals surface area (Å²) >= 11 is 0. The number of benzene rings is 2. The van der Waals surface area contributed by atoms with Gasteiger partial charge in [0.05, 0.1) is 5.69 Å². The van der Waals surface area contributed by atoms with Crippen LogP contribution in [0.3, 0.4) is 0 Å². The van der Waals surface area contributed by atoms with Gasteiger partial charge in [-0.15, -0.1) is 0 Å². The Hall–Kier alpha value is -3.81. The van der Waals surface area contributed by atoms with Crippen molar-refractivity contribution < 1.29 is 19.4 Å². The van der Waals surface area contributed by atoms with Crippen LogP contribution in [0.15, 0.2) is 48.5 Å². The SMILES string of the molecule is CCCC(C)(Oc1ccc(CNC(=O)c2cc(-c3ccc(N4CCCCC4)cc3)nn2C)cc1C)C(=O)O. The van der Waals surface area contributed by atoms with Crippen LogP contribution in [0.4, 0.5) is 5.69 Å². The molecule has 0 spiro atoms. The number of ether oxygens (including phenoxy) is 1. The molecular formula is C30H38N4O4. The molecule has 2 N–H and O–H groups in total. The van der Waals surface area contributed by atoms with Crippen molar-refractivity contribution in [3.63, 3.8) is 0 Å². The standard InChI is InChI=1S/C30H38N4O4/c1-5-15-30(3,29(36)37)38-27-14-9-22(18-21(27)2)20-31-28(35)26-19-25(32-33(26)4)23-10-12-24(13-11-23)34-16-7-6-8-17-34/h9-14,18-19H,5-8,15-17,20H2,1-4H3,(H,31,35)(H,36,37). The molecule has 0 radical (unpaired) electrons. The third kappa shape index (κ3) is 6.18. The zero-order valence-electron chi connectivity index (χ0n) is 22.8. The summed E-state index contributed by atoms with van der Waals surface area (Å²) in [6, 6.07) is 15.7. The molecule has 0 saturated carbocycles. The number of carboxylic acids is 1. The molecule has 202 valence electrons. The first kappa shape index (κ1) is 27.2. The first-order valence-electron chi connectivity index (χ1n) is 13.4. The molecule has 8 heteroatoms. The molecule has 8 nitrogen and oxygen atoms in total. The highest BCUT2D eigenvalue weighted by atomic mass is 16.5. The Balaban J connectivity index is 1.39. The molecule has 38 heavy (non-hydrogen) atoms. The maximum atomic E-state index is 13.0. The maximum absolute atomic E-state index is 13.0. The third-order valence-corrected chi connectivity index (χ3v) is 7.20. The van der Waals surface area contributed by atoms with E-state index in [1.165, 1.54) is 24.9 Å². The topological polar surface area (TPSA) is 96.7 Å². The van der Waals surface area contributed by atoms with Crippen molar-refractivity contribution in [3.8, 4) is 17.0 Å². The van der Waals surface area contributed by atoms with E-state index in [0.29, 0.717) is 30.8 Å². The smallest absolute Gasteiger partial charge is 0.347 e. The van der Waals surface area contributed by atoms with Gasteiger partial charge in [-0.25, -0.2) is 4.79 Å². The van der Waals surface area contributed by atoms with Crippen LogP contribution in [0, 0.1) is 6.92 Å². The number of hydrogen-bond donors (Lipinski definition) is 2. The Morgan fingerprint density at radius 2 is 1.79 bits per heavy atom. The average molecular weight is 519 g/mol. The molecule has 1 aromatic heterocycles. The van der Waals surface area contributed by atoms with Crippen LogP contribution in [0.2, 0.25) is 0 Å². The lowest BCUT2D eigenvalue weighted by Crippen LogP contribution is -2.41. The highest BCUT2D eigenvalue weighted by Crippen LogP contribution is 2.28. The molecule has 2 aromatic carbocycles. The summed E-state index contributed by atoms with van der Waals surface area (Å²) in [7, 11) is 1.77. The van der Waals surface area contributed by atoms with Crippen LogP contribution in [0.1, 0.15) is 67.6 Å². The van der Waals surface area contributed by atoms with Gasteiger partial charge in [0.1, 0.15) is 11.4 Å². The van der Waals surface area contributed by atoms with E-state index in [-0.39, 0.29) is 5.91 Å². The normalized spacial score (nSPS) is 15.1. The van der Waals surface area contributed by atoms with Gasteiger partial charge in [0.25, 0.3) is 5.91 Å². The molecule has 1 amide bonds. The number of carboxylic acid groups (broad SMARTS) is 1. The lowest BCUT2D eigenvalue weighted by Gasteiger charge is -2.28. The van der Waals surface area contributed by atoms with Crippen LogP contribution >= 0.6 is 0 Å². The number of carbonyl (C=O) groups excluding carboxylic acids is 1. The van der Waals surface area contributed by atoms with Crippen molar-refractivity contribution in [3.05, 3.63) is 65.4 Å². The molecule has 0 aliphatic carbocycles. The summed E-state index contributed by atoms with van der Waals surface area (Å²) in [6.07, 6.45) is 4.89. The summed E-state index contributed by atoms with van der Waals surface area (Å²) in [6.45, 7) is 7.93. The number of aliphatic carboxylic acids is 1. The fourth-order valence-electron chi connectivity index (χ4n) is 4.95. The first-order chi connectivity index (χ1) is 18.2. The summed E-state index contributed by atoms with van der Waals surface area (Å²) < 4.78 is 7.49. The fraction of sp³-hybridized carbons (Fsp3) is 0.433. The van der Waals surface area contributed by atoms with Gasteiger partial charge in [-0.05, 0) is 74.9 Å². The number of aromatic nitrogens is 2. The van der Waals surface area contributed by atoms with Gasteiger partial charge in [-0.3, -0.25) is 9.48 Å². The Morgan fingerprint density at radius 3 is 2.42 bits per heavy atom. The largest absolute Gasteiger partial charge is 0.478 e. The number of anilines is 1. The monoisotopic (exact) mass is 518 g/mol. The van der Waals surface area contributed by atoms with Crippen LogP contribution in [0.25, 0.3) is 11.3 Å². The Morgan fingerprint density at radius 1 is 1.08 bits per heavy atom. The molecule has 1 unspecified atom stereocenters. The summed E-state index contributed by atoms with van der Waals surface area (Å²) in [5.41, 5.74) is 3.88. The Kier molecular flexibility index (Phi) is 8.39. The van der Waals surface area contributed by atoms with E-state index in [1.54, 1.807) is 24.7 Å². The molecule has 1 atom stereocenters. The van der Waals surface area contributed by atoms with E-state index in [1.807, 2.05) is 32.0 Å². The van der Waals surface area contributed by atoms with Gasteiger partial charge < -0.3 is 20.1 Å². The zero-order valence-corrected chi connectivity index (χ0v) is 22.8. The van der Waals surface area contributed by atoms with Gasteiger partial charge >= 0.3 is 5.97 Å². The minimum Gasteiger partial charge on any atom is -0.478 e. The number of nitrogens with zero attached hydrogens (tertiary/aromatic N) is 3. The van der Waals surface area contributed by atoms with Crippen molar-refractivity contribution in [1.29, 1.82) is 0 Å². The minimum atomic E-state index is -1.28. The van der Waals surface area contributed by atoms with E-state index in [4.69, 9.17) is 4.74 Å². The molecule has 1 fully saturated rings. The van der Waals surface area contributed by atoms with Crippen molar-refractivity contribution in [2.45, 2.75) is 65.0 Å². The summed E-state index contributed by atoms with van der Waals surface area (Å²) in [4.78, 5) is 27.1. The number of aryl methyl sites for hydroxylation is 2. The molecular weight excluding hydrogens is 480 g/mol. The molecule has 1 saturated heterocycles. The van der Waals surface area contributed by atoms with Crippen LogP contribution in [-0.2, 0) is 18.4 Å². The second kappa shape index (κ2) is 11.7. The fourth-order valence-corrected chi connectivity index (χ4v) is 4.95. The van der Waals surface area contributed by atoms with Gasteiger partial charge in [0.15, 0.2) is 0 Å². The van der Waals surface area contributed by atoms with Crippen LogP contribution in [-0.4, -0.2) is 45.5 Å². The molecule has 1 aliphatic heterocycles. The van der Waals surface area contributed by atoms with Gasteiger partial charge in [-0.1, -0.05) is 37.6 Å². The van der Waals surface area contributed by atoms with Gasteiger partial charge in [-0.2, -0.15) is 5.10 Å². The summed E-state index contributed by atoms with van der Waals surface area (Å²) in [5, 5.41) is 17.1. The van der Waals surface area contributed by atoms with E-state index < -0.39 is 11.6 Å². The molecule has 2 heterocycles. The second-order valence-electron chi connectivity index (χ2n) is 10.3. The van der Waals surface area contributed by atoms with Crippen molar-refractivity contribution >= 4 is 17.6 Å². The van der Waals surface area contributed by atoms with E-state index in [0.717, 1.165) is 35.5 Å². The quantitative estimate of drug-likeness (QED) is 0.376. The number of nitrogens with one attached hydrogen (secondary N) is 1. The number of amides is 1. The molecule has 3 aromatic rings. The number of piperidine rings is 1. The van der Waals surface area contributed by atoms with Crippen molar-refractivity contribution in [2.75, 3.05) is 18.0 Å². The highest BCUT2D eigenvalue weighted by molar-refractivity contribution is 5.93. The van der Waals surface area contributed by atoms with E-state index >= 15 is 0 Å². The van der Waals surface area contributed by atoms with E-state index in [2.05, 4.69) is 39.6 Å². The number of rotatable bonds is 10. The lowest BCUT2D eigenvalue weighted by molar-refractivity contribution is -0.154. The molecule has 0 bridgehead atoms. The lowest BCUT2D eigenvalue weighted by atomic mass is 10.00. The second-order valence-corrected chi connectivity index (χ2v) is 10.3. The average Bonchev–Trinajstić information content (AvgIpc) is 3.31. The maximum Gasteiger partial charge on any atom is 0.347 e. The third-order valence-electron chi connectivity index (χ3n) is 7.20. The molecule has 4 rings (SSSR count). The summed E-state index contributed by atoms with van der Waals surface area (Å²) in [5.74, 6) is -0.667. The Labute approximate surface area is 224 Å². The van der Waals surface area contributed by atoms with Gasteiger partial charge in [0.2, 0.25) is 5.60 Å². The predicted octanol–water partition coefficient (Wildman–Crippen LogP) is 5.34. The van der Waals surface area contributed by atoms with Gasteiger partial charge in [0, 0.05) is 37.9 Å². The zero-order chi connectivity index (χ0) is 27.3. The van der Waals surface area contributed by atoms with E-state index in [9.17, 15) is 14.7 Å². The molecule has 1 aliphatic rings. The first-order valence-corrected chi connectivity index (χ1v) is 13.4. The van der Waals surface area contributed by atoms with Crippen LogP contribution < -0.4 is 15.0 Å². The van der Waals surface area contributed by atoms with Crippen molar-refractivity contribution in [1.82, 2.24) is 15.1 Å². The van der Waals surface area contributed by atoms with Crippen molar-refractivity contribution in [2.24, 2.45) is 7.05 Å². The number of hydrogen-bond acceptors (Lipinski definition) is 5. The number of carbonyl (C=O) groups is 2. The minimum absolute atomic E-state index is 0.212. The van der Waals surface area contributed by atoms with Crippen LogP contribution in [0.5, 0.6) is 5.75 Å².